The summed E-state index contributed by atoms with van der Waals surface area (Å²) in [6, 6.07) is 0. The van der Waals surface area contributed by atoms with Crippen molar-refractivity contribution in [1.29, 1.82) is 0 Å². The molecule has 0 radical (unpaired) electrons. The summed E-state index contributed by atoms with van der Waals surface area (Å²) in [5.41, 5.74) is 0. The van der Waals surface area contributed by atoms with E-state index in [4.69, 9.17) is 24.4 Å². The summed E-state index contributed by atoms with van der Waals surface area (Å²) >= 11 is 0. The fourth-order valence-electron chi connectivity index (χ4n) is 0.934. The van der Waals surface area contributed by atoms with Gasteiger partial charge >= 0.3 is 0 Å². The largest absolute Gasteiger partial charge is 0.394 e. The van der Waals surface area contributed by atoms with E-state index in [2.05, 4.69) is 0 Å². The molecule has 0 amide bonds. The van der Waals surface area contributed by atoms with Crippen LogP contribution in [-0.2, 0) is 14.2 Å². The summed E-state index contributed by atoms with van der Waals surface area (Å²) in [7, 11) is 0. The second kappa shape index (κ2) is 6.31. The Kier molecular flexibility index (Phi) is 5.36. The second-order valence-electron chi connectivity index (χ2n) is 3.30. The molecule has 0 aliphatic carbocycles. The Morgan fingerprint density at radius 1 is 1.50 bits per heavy atom. The lowest BCUT2D eigenvalue weighted by Crippen LogP contribution is -2.26. The molecule has 3 atom stereocenters. The van der Waals surface area contributed by atoms with Gasteiger partial charge in [0.1, 0.15) is 12.2 Å². The molecule has 14 heavy (non-hydrogen) atoms. The lowest BCUT2D eigenvalue weighted by Gasteiger charge is -2.17. The Hall–Kier alpha value is -0.200. The van der Waals surface area contributed by atoms with Gasteiger partial charge in [-0.3, -0.25) is 0 Å². The van der Waals surface area contributed by atoms with Crippen LogP contribution in [0.5, 0.6) is 0 Å². The number of hydrogen-bond donors (Lipinski definition) is 2. The molecular weight excluding hydrogens is 188 g/mol. The Labute approximate surface area is 83.6 Å². The smallest absolute Gasteiger partial charge is 0.157 e. The fourth-order valence-corrected chi connectivity index (χ4v) is 0.934. The molecule has 0 saturated carbocycles. The maximum Gasteiger partial charge on any atom is 0.157 e. The Bertz CT molecular complexity index is 148. The minimum atomic E-state index is -0.829. The third-order valence-electron chi connectivity index (χ3n) is 1.89. The molecule has 1 aliphatic rings. The molecule has 1 heterocycles. The van der Waals surface area contributed by atoms with Crippen molar-refractivity contribution in [3.63, 3.8) is 0 Å². The minimum Gasteiger partial charge on any atom is -0.394 e. The molecule has 84 valence electrons. The van der Waals surface area contributed by atoms with Gasteiger partial charge in [-0.2, -0.15) is 0 Å². The van der Waals surface area contributed by atoms with Crippen LogP contribution >= 0.6 is 0 Å². The highest BCUT2D eigenvalue weighted by molar-refractivity contribution is 4.67. The first-order chi connectivity index (χ1) is 6.76. The van der Waals surface area contributed by atoms with Crippen molar-refractivity contribution < 1.29 is 24.4 Å². The number of epoxide rings is 1. The molecule has 0 aromatic carbocycles. The third-order valence-corrected chi connectivity index (χ3v) is 1.89. The highest BCUT2D eigenvalue weighted by atomic mass is 16.7. The van der Waals surface area contributed by atoms with E-state index in [0.717, 1.165) is 6.61 Å². The van der Waals surface area contributed by atoms with E-state index in [9.17, 15) is 0 Å². The minimum absolute atomic E-state index is 0.0977. The highest BCUT2D eigenvalue weighted by Gasteiger charge is 2.24. The van der Waals surface area contributed by atoms with Crippen molar-refractivity contribution in [2.24, 2.45) is 0 Å². The first-order valence-electron chi connectivity index (χ1n) is 4.90. The quantitative estimate of drug-likeness (QED) is 0.414. The summed E-state index contributed by atoms with van der Waals surface area (Å²) in [6.45, 7) is 3.04. The second-order valence-corrected chi connectivity index (χ2v) is 3.30. The van der Waals surface area contributed by atoms with Crippen molar-refractivity contribution in [3.05, 3.63) is 0 Å². The standard InChI is InChI=1S/C9H18O5/c1-2-9(13-4-7(11)3-10)14-6-8-5-12-8/h7-11H,2-6H2,1H3. The number of ether oxygens (including phenoxy) is 3. The van der Waals surface area contributed by atoms with Crippen molar-refractivity contribution >= 4 is 0 Å². The van der Waals surface area contributed by atoms with Crippen molar-refractivity contribution in [2.75, 3.05) is 26.4 Å². The number of hydrogen-bond acceptors (Lipinski definition) is 5. The third kappa shape index (κ3) is 4.88. The average molecular weight is 206 g/mol. The molecule has 5 heteroatoms. The zero-order valence-corrected chi connectivity index (χ0v) is 8.39. The lowest BCUT2D eigenvalue weighted by atomic mass is 10.4. The van der Waals surface area contributed by atoms with Gasteiger partial charge in [-0.05, 0) is 6.42 Å². The van der Waals surface area contributed by atoms with Gasteiger partial charge in [0.25, 0.3) is 0 Å². The van der Waals surface area contributed by atoms with Gasteiger partial charge in [0.2, 0.25) is 0 Å². The van der Waals surface area contributed by atoms with Crippen LogP contribution in [0.1, 0.15) is 13.3 Å². The summed E-state index contributed by atoms with van der Waals surface area (Å²) in [6.07, 6.45) is -0.217. The fraction of sp³-hybridized carbons (Fsp3) is 1.00. The Balaban J connectivity index is 2.03. The van der Waals surface area contributed by atoms with Gasteiger partial charge in [-0.1, -0.05) is 6.92 Å². The van der Waals surface area contributed by atoms with Crippen LogP contribution in [0.15, 0.2) is 0 Å². The van der Waals surface area contributed by atoms with E-state index in [0.29, 0.717) is 13.0 Å². The van der Waals surface area contributed by atoms with E-state index in [-0.39, 0.29) is 25.6 Å². The summed E-state index contributed by atoms with van der Waals surface area (Å²) in [5, 5.41) is 17.6. The zero-order valence-electron chi connectivity index (χ0n) is 8.39. The van der Waals surface area contributed by atoms with E-state index in [1.165, 1.54) is 0 Å². The predicted octanol–water partition coefficient (Wildman–Crippen LogP) is -0.492. The van der Waals surface area contributed by atoms with Gasteiger partial charge in [0.05, 0.1) is 26.4 Å². The molecule has 1 saturated heterocycles. The zero-order chi connectivity index (χ0) is 10.4. The maximum atomic E-state index is 9.04. The van der Waals surface area contributed by atoms with Crippen LogP contribution < -0.4 is 0 Å². The molecule has 5 nitrogen and oxygen atoms in total. The first-order valence-corrected chi connectivity index (χ1v) is 4.90. The van der Waals surface area contributed by atoms with Crippen LogP contribution in [0, 0.1) is 0 Å². The van der Waals surface area contributed by atoms with Gasteiger partial charge in [-0.25, -0.2) is 0 Å². The molecule has 3 unspecified atom stereocenters. The maximum absolute atomic E-state index is 9.04. The van der Waals surface area contributed by atoms with Gasteiger partial charge in [-0.15, -0.1) is 0 Å². The monoisotopic (exact) mass is 206 g/mol. The number of rotatable bonds is 8. The highest BCUT2D eigenvalue weighted by Crippen LogP contribution is 2.11. The van der Waals surface area contributed by atoms with Crippen LogP contribution in [0.3, 0.4) is 0 Å². The van der Waals surface area contributed by atoms with E-state index in [1.807, 2.05) is 6.92 Å². The predicted molar refractivity (Wildman–Crippen MR) is 48.8 cm³/mol. The molecule has 2 N–H and O–H groups in total. The SMILES string of the molecule is CCC(OCC(O)CO)OCC1CO1. The Morgan fingerprint density at radius 3 is 2.71 bits per heavy atom. The van der Waals surface area contributed by atoms with Crippen molar-refractivity contribution in [2.45, 2.75) is 31.8 Å². The molecule has 0 aromatic heterocycles. The summed E-state index contributed by atoms with van der Waals surface area (Å²) in [4.78, 5) is 0. The summed E-state index contributed by atoms with van der Waals surface area (Å²) in [5.74, 6) is 0. The molecule has 0 spiro atoms. The molecule has 0 bridgehead atoms. The van der Waals surface area contributed by atoms with E-state index < -0.39 is 6.10 Å². The van der Waals surface area contributed by atoms with Crippen molar-refractivity contribution in [1.82, 2.24) is 0 Å². The molecule has 1 fully saturated rings. The Morgan fingerprint density at radius 2 is 2.21 bits per heavy atom. The van der Waals surface area contributed by atoms with Crippen molar-refractivity contribution in [3.8, 4) is 0 Å². The average Bonchev–Trinajstić information content (AvgIpc) is 3.01. The van der Waals surface area contributed by atoms with E-state index >= 15 is 0 Å². The topological polar surface area (TPSA) is 71.5 Å². The van der Waals surface area contributed by atoms with E-state index in [1.54, 1.807) is 0 Å². The lowest BCUT2D eigenvalue weighted by molar-refractivity contribution is -0.163. The van der Waals surface area contributed by atoms with Crippen LogP contribution in [0.25, 0.3) is 0 Å². The van der Waals surface area contributed by atoms with Crippen LogP contribution in [-0.4, -0.2) is 55.1 Å². The molecule has 1 aliphatic heterocycles. The number of aliphatic hydroxyl groups excluding tert-OH is 2. The molecule has 0 aromatic rings. The first kappa shape index (κ1) is 11.9. The number of aliphatic hydroxyl groups is 2. The van der Waals surface area contributed by atoms with Crippen LogP contribution in [0.4, 0.5) is 0 Å². The molecule has 1 rings (SSSR count). The van der Waals surface area contributed by atoms with Gasteiger partial charge < -0.3 is 24.4 Å². The molecular formula is C9H18O5. The van der Waals surface area contributed by atoms with Gasteiger partial charge in [0.15, 0.2) is 6.29 Å². The summed E-state index contributed by atoms with van der Waals surface area (Å²) < 4.78 is 15.6. The van der Waals surface area contributed by atoms with Crippen LogP contribution in [0.2, 0.25) is 0 Å². The van der Waals surface area contributed by atoms with Gasteiger partial charge in [0, 0.05) is 0 Å². The normalized spacial score (nSPS) is 24.6.